The molecule has 0 fully saturated rings. The molecule has 19 heavy (non-hydrogen) atoms. The number of hydrogen-bond acceptors (Lipinski definition) is 5. The van der Waals surface area contributed by atoms with Gasteiger partial charge in [0.25, 0.3) is 0 Å². The Bertz CT molecular complexity index is 533. The van der Waals surface area contributed by atoms with Gasteiger partial charge in [0.1, 0.15) is 11.6 Å². The summed E-state index contributed by atoms with van der Waals surface area (Å²) in [6.07, 6.45) is 1.23. The van der Waals surface area contributed by atoms with Gasteiger partial charge in [0, 0.05) is 11.6 Å². The number of aromatic nitrogens is 2. The molecule has 0 radical (unpaired) electrons. The van der Waals surface area contributed by atoms with E-state index in [-0.39, 0.29) is 12.5 Å². The van der Waals surface area contributed by atoms with Gasteiger partial charge in [-0.1, -0.05) is 6.07 Å². The first kappa shape index (κ1) is 13.8. The maximum atomic E-state index is 11.2. The highest BCUT2D eigenvalue weighted by Gasteiger charge is 2.07. The summed E-state index contributed by atoms with van der Waals surface area (Å²) in [7, 11) is 0. The second-order valence-corrected chi connectivity index (χ2v) is 4.77. The summed E-state index contributed by atoms with van der Waals surface area (Å²) >= 11 is 6.90. The van der Waals surface area contributed by atoms with Gasteiger partial charge < -0.3 is 10.1 Å². The van der Waals surface area contributed by atoms with Crippen LogP contribution in [0.1, 0.15) is 5.69 Å². The maximum Gasteiger partial charge on any atom is 0.407 e. The van der Waals surface area contributed by atoms with Crippen molar-refractivity contribution >= 4 is 29.0 Å². The van der Waals surface area contributed by atoms with Crippen molar-refractivity contribution in [3.8, 4) is 10.7 Å². The quantitative estimate of drug-likeness (QED) is 0.862. The number of halogens is 1. The Morgan fingerprint density at radius 2 is 2.37 bits per heavy atom. The second kappa shape index (κ2) is 7.06. The topological polar surface area (TPSA) is 64.1 Å². The number of nitrogens with one attached hydrogen (secondary N) is 1. The van der Waals surface area contributed by atoms with E-state index in [4.69, 9.17) is 16.3 Å². The number of hydrogen-bond donors (Lipinski definition) is 1. The number of alkyl halides is 1. The molecule has 0 bridgehead atoms. The van der Waals surface area contributed by atoms with Gasteiger partial charge in [0.15, 0.2) is 0 Å². The van der Waals surface area contributed by atoms with Crippen LogP contribution in [-0.2, 0) is 11.3 Å². The van der Waals surface area contributed by atoms with Gasteiger partial charge in [-0.05, 0) is 12.1 Å². The van der Waals surface area contributed by atoms with E-state index in [1.54, 1.807) is 6.20 Å². The van der Waals surface area contributed by atoms with Crippen LogP contribution in [0, 0.1) is 0 Å². The number of thiazole rings is 1. The lowest BCUT2D eigenvalue weighted by molar-refractivity contribution is 0.152. The molecule has 5 nitrogen and oxygen atoms in total. The number of pyridine rings is 1. The Morgan fingerprint density at radius 1 is 1.47 bits per heavy atom. The summed E-state index contributed by atoms with van der Waals surface area (Å²) in [5.74, 6) is 0.286. The molecule has 1 N–H and O–H groups in total. The number of amides is 1. The lowest BCUT2D eigenvalue weighted by Gasteiger charge is -2.03. The van der Waals surface area contributed by atoms with E-state index in [2.05, 4.69) is 15.3 Å². The van der Waals surface area contributed by atoms with Crippen LogP contribution in [0.4, 0.5) is 4.79 Å². The summed E-state index contributed by atoms with van der Waals surface area (Å²) in [5, 5.41) is 5.31. The number of alkyl carbamates (subject to hydrolysis) is 1. The van der Waals surface area contributed by atoms with E-state index in [1.807, 2.05) is 23.6 Å². The van der Waals surface area contributed by atoms with Crippen LogP contribution in [0.3, 0.4) is 0 Å². The lowest BCUT2D eigenvalue weighted by atomic mass is 10.4. The average Bonchev–Trinajstić information content (AvgIpc) is 2.93. The molecular formula is C12H12ClN3O2S. The van der Waals surface area contributed by atoms with Crippen molar-refractivity contribution in [2.24, 2.45) is 0 Å². The van der Waals surface area contributed by atoms with Crippen molar-refractivity contribution in [1.29, 1.82) is 0 Å². The van der Waals surface area contributed by atoms with Gasteiger partial charge in [-0.15, -0.1) is 22.9 Å². The molecule has 100 valence electrons. The first-order valence-electron chi connectivity index (χ1n) is 5.62. The van der Waals surface area contributed by atoms with Gasteiger partial charge in [0.2, 0.25) is 0 Å². The van der Waals surface area contributed by atoms with Gasteiger partial charge >= 0.3 is 6.09 Å². The number of nitrogens with zero attached hydrogens (tertiary/aromatic N) is 2. The standard InChI is InChI=1S/C12H12ClN3O2S/c13-4-6-18-12(17)15-7-9-8-19-11(16-9)10-3-1-2-5-14-10/h1-3,5,8H,4,6-7H2,(H,15,17). The highest BCUT2D eigenvalue weighted by atomic mass is 35.5. The van der Waals surface area contributed by atoms with E-state index < -0.39 is 6.09 Å². The van der Waals surface area contributed by atoms with E-state index >= 15 is 0 Å². The fourth-order valence-corrected chi connectivity index (χ4v) is 2.21. The normalized spacial score (nSPS) is 10.2. The Kier molecular flexibility index (Phi) is 5.11. The van der Waals surface area contributed by atoms with Gasteiger partial charge in [-0.2, -0.15) is 0 Å². The minimum absolute atomic E-state index is 0.198. The van der Waals surface area contributed by atoms with Gasteiger partial charge in [0.05, 0.1) is 23.8 Å². The van der Waals surface area contributed by atoms with Crippen molar-refractivity contribution in [3.63, 3.8) is 0 Å². The van der Waals surface area contributed by atoms with Crippen LogP contribution < -0.4 is 5.32 Å². The minimum Gasteiger partial charge on any atom is -0.448 e. The number of ether oxygens (including phenoxy) is 1. The predicted octanol–water partition coefficient (Wildman–Crippen LogP) is 2.67. The smallest absolute Gasteiger partial charge is 0.407 e. The van der Waals surface area contributed by atoms with E-state index in [9.17, 15) is 4.79 Å². The summed E-state index contributed by atoms with van der Waals surface area (Å²) in [4.78, 5) is 19.8. The molecule has 0 aliphatic carbocycles. The largest absolute Gasteiger partial charge is 0.448 e. The summed E-state index contributed by atoms with van der Waals surface area (Å²) in [6, 6.07) is 5.66. The fraction of sp³-hybridized carbons (Fsp3) is 0.250. The molecule has 0 aliphatic rings. The summed E-state index contributed by atoms with van der Waals surface area (Å²) in [5.41, 5.74) is 1.59. The lowest BCUT2D eigenvalue weighted by Crippen LogP contribution is -2.24. The number of carbonyl (C=O) groups is 1. The Hall–Kier alpha value is -1.66. The first-order valence-corrected chi connectivity index (χ1v) is 7.03. The van der Waals surface area contributed by atoms with Gasteiger partial charge in [-0.25, -0.2) is 9.78 Å². The van der Waals surface area contributed by atoms with E-state index in [1.165, 1.54) is 11.3 Å². The molecule has 0 unspecified atom stereocenters. The molecule has 2 heterocycles. The van der Waals surface area contributed by atoms with Crippen LogP contribution in [0.2, 0.25) is 0 Å². The highest BCUT2D eigenvalue weighted by Crippen LogP contribution is 2.21. The van der Waals surface area contributed by atoms with E-state index in [0.29, 0.717) is 6.54 Å². The van der Waals surface area contributed by atoms with Crippen molar-refractivity contribution < 1.29 is 9.53 Å². The number of carbonyl (C=O) groups excluding carboxylic acids is 1. The average molecular weight is 298 g/mol. The Morgan fingerprint density at radius 3 is 3.11 bits per heavy atom. The van der Waals surface area contributed by atoms with Gasteiger partial charge in [-0.3, -0.25) is 4.98 Å². The molecule has 7 heteroatoms. The minimum atomic E-state index is -0.493. The molecule has 2 aromatic rings. The Balaban J connectivity index is 1.90. The van der Waals surface area contributed by atoms with Crippen molar-refractivity contribution in [1.82, 2.24) is 15.3 Å². The zero-order valence-electron chi connectivity index (χ0n) is 10.0. The summed E-state index contributed by atoms with van der Waals surface area (Å²) in [6.45, 7) is 0.522. The highest BCUT2D eigenvalue weighted by molar-refractivity contribution is 7.13. The predicted molar refractivity (Wildman–Crippen MR) is 74.3 cm³/mol. The van der Waals surface area contributed by atoms with Crippen molar-refractivity contribution in [2.75, 3.05) is 12.5 Å². The molecule has 2 rings (SSSR count). The second-order valence-electron chi connectivity index (χ2n) is 3.54. The SMILES string of the molecule is O=C(NCc1csc(-c2ccccn2)n1)OCCCl. The third kappa shape index (κ3) is 4.18. The Labute approximate surface area is 119 Å². The monoisotopic (exact) mass is 297 g/mol. The molecule has 0 atom stereocenters. The van der Waals surface area contributed by atoms with Crippen LogP contribution in [0.15, 0.2) is 29.8 Å². The zero-order valence-corrected chi connectivity index (χ0v) is 11.6. The van der Waals surface area contributed by atoms with E-state index in [0.717, 1.165) is 16.4 Å². The molecular weight excluding hydrogens is 286 g/mol. The third-order valence-electron chi connectivity index (χ3n) is 2.16. The summed E-state index contributed by atoms with van der Waals surface area (Å²) < 4.78 is 4.79. The molecule has 1 amide bonds. The third-order valence-corrected chi connectivity index (χ3v) is 3.23. The van der Waals surface area contributed by atoms with Crippen LogP contribution in [-0.4, -0.2) is 28.5 Å². The molecule has 0 aliphatic heterocycles. The molecule has 0 saturated heterocycles. The maximum absolute atomic E-state index is 11.2. The first-order chi connectivity index (χ1) is 9.29. The molecule has 2 aromatic heterocycles. The molecule has 0 aromatic carbocycles. The zero-order chi connectivity index (χ0) is 13.5. The van der Waals surface area contributed by atoms with Crippen molar-refractivity contribution in [2.45, 2.75) is 6.54 Å². The molecule has 0 saturated carbocycles. The van der Waals surface area contributed by atoms with Crippen LogP contribution in [0.5, 0.6) is 0 Å². The van der Waals surface area contributed by atoms with Crippen LogP contribution in [0.25, 0.3) is 10.7 Å². The van der Waals surface area contributed by atoms with Crippen LogP contribution >= 0.6 is 22.9 Å². The van der Waals surface area contributed by atoms with Crippen molar-refractivity contribution in [3.05, 3.63) is 35.5 Å². The molecule has 0 spiro atoms. The number of rotatable bonds is 5. The fourth-order valence-electron chi connectivity index (χ4n) is 1.34.